The molecule has 0 fully saturated rings. The van der Waals surface area contributed by atoms with Gasteiger partial charge in [0.25, 0.3) is 5.91 Å². The second-order valence-electron chi connectivity index (χ2n) is 8.14. The normalized spacial score (nSPS) is 16.0. The lowest BCUT2D eigenvalue weighted by Gasteiger charge is -2.25. The Labute approximate surface area is 186 Å². The molecule has 32 heavy (non-hydrogen) atoms. The van der Waals surface area contributed by atoms with E-state index in [4.69, 9.17) is 5.11 Å². The fraction of sp³-hybridized carbons (Fsp3) is 0.320. The molecular formula is C25H27N3O4. The highest BCUT2D eigenvalue weighted by atomic mass is 16.4. The van der Waals surface area contributed by atoms with E-state index in [-0.39, 0.29) is 18.2 Å². The third-order valence-electron chi connectivity index (χ3n) is 5.97. The van der Waals surface area contributed by atoms with Gasteiger partial charge in [-0.15, -0.1) is 0 Å². The summed E-state index contributed by atoms with van der Waals surface area (Å²) in [6, 6.07) is 14.6. The zero-order valence-corrected chi connectivity index (χ0v) is 17.8. The molecule has 0 radical (unpaired) electrons. The second-order valence-corrected chi connectivity index (χ2v) is 8.14. The third-order valence-corrected chi connectivity index (χ3v) is 5.97. The molecule has 2 aromatic carbocycles. The Morgan fingerprint density at radius 2 is 1.78 bits per heavy atom. The number of amides is 2. The van der Waals surface area contributed by atoms with E-state index in [1.165, 1.54) is 0 Å². The van der Waals surface area contributed by atoms with Gasteiger partial charge in [-0.2, -0.15) is 0 Å². The lowest BCUT2D eigenvalue weighted by Crippen LogP contribution is -2.46. The summed E-state index contributed by atoms with van der Waals surface area (Å²) in [5, 5.41) is 12.8. The number of anilines is 1. The highest BCUT2D eigenvalue weighted by Crippen LogP contribution is 2.27. The number of rotatable bonds is 9. The molecule has 2 heterocycles. The monoisotopic (exact) mass is 433 g/mol. The maximum absolute atomic E-state index is 13.5. The van der Waals surface area contributed by atoms with Crippen LogP contribution in [0.4, 0.5) is 5.69 Å². The molecule has 3 N–H and O–H groups in total. The van der Waals surface area contributed by atoms with Crippen molar-refractivity contribution in [1.29, 1.82) is 0 Å². The number of carbonyl (C=O) groups is 3. The van der Waals surface area contributed by atoms with Crippen LogP contribution in [0.1, 0.15) is 48.0 Å². The van der Waals surface area contributed by atoms with Gasteiger partial charge in [0.05, 0.1) is 11.3 Å². The molecule has 2 amide bonds. The van der Waals surface area contributed by atoms with Gasteiger partial charge in [-0.3, -0.25) is 14.4 Å². The Morgan fingerprint density at radius 3 is 2.62 bits per heavy atom. The highest BCUT2D eigenvalue weighted by Gasteiger charge is 2.33. The molecule has 3 aromatic rings. The summed E-state index contributed by atoms with van der Waals surface area (Å²) in [7, 11) is 0. The molecule has 0 bridgehead atoms. The fourth-order valence-electron chi connectivity index (χ4n) is 4.30. The molecular weight excluding hydrogens is 406 g/mol. The van der Waals surface area contributed by atoms with E-state index in [2.05, 4.69) is 16.4 Å². The first-order valence-corrected chi connectivity index (χ1v) is 11.0. The van der Waals surface area contributed by atoms with Crippen LogP contribution in [0.25, 0.3) is 10.9 Å². The summed E-state index contributed by atoms with van der Waals surface area (Å²) in [4.78, 5) is 42.0. The molecule has 7 nitrogen and oxygen atoms in total. The number of aromatic amines is 1. The predicted octanol–water partition coefficient (Wildman–Crippen LogP) is 3.89. The van der Waals surface area contributed by atoms with Gasteiger partial charge in [-0.25, -0.2) is 0 Å². The lowest BCUT2D eigenvalue weighted by atomic mass is 10.1. The van der Waals surface area contributed by atoms with E-state index in [1.807, 2.05) is 36.5 Å². The number of unbranched alkanes of at least 4 members (excludes halogenated alkanes) is 2. The average molecular weight is 434 g/mol. The van der Waals surface area contributed by atoms with Crippen molar-refractivity contribution >= 4 is 34.4 Å². The molecule has 0 aliphatic carbocycles. The number of carbonyl (C=O) groups excluding carboxylic acids is 2. The molecule has 1 unspecified atom stereocenters. The summed E-state index contributed by atoms with van der Waals surface area (Å²) in [5.74, 6) is -1.19. The van der Waals surface area contributed by atoms with Crippen LogP contribution >= 0.6 is 0 Å². The Hall–Kier alpha value is -3.61. The van der Waals surface area contributed by atoms with E-state index in [0.29, 0.717) is 49.9 Å². The topological polar surface area (TPSA) is 102 Å². The Bertz CT molecular complexity index is 1140. The summed E-state index contributed by atoms with van der Waals surface area (Å²) in [6.45, 7) is 0.460. The van der Waals surface area contributed by atoms with Crippen molar-refractivity contribution in [2.24, 2.45) is 0 Å². The highest BCUT2D eigenvalue weighted by molar-refractivity contribution is 6.11. The van der Waals surface area contributed by atoms with Crippen LogP contribution in [0.5, 0.6) is 0 Å². The Balaban J connectivity index is 1.52. The standard InChI is InChI=1S/C25H27N3O4/c29-23(30)13-3-1-2-11-21-25(32)28(22-12-7-5-9-19(22)24(31)27-21)15-14-17-16-26-20-10-6-4-8-18(17)20/h4-10,12,16,21,26H,1-3,11,13-15H2,(H,27,31)(H,29,30). The molecule has 0 saturated carbocycles. The van der Waals surface area contributed by atoms with Crippen LogP contribution in [-0.2, 0) is 16.0 Å². The van der Waals surface area contributed by atoms with Crippen molar-refractivity contribution in [3.63, 3.8) is 0 Å². The number of H-pyrrole nitrogens is 1. The summed E-state index contributed by atoms with van der Waals surface area (Å²) in [6.07, 6.45) is 5.18. The average Bonchev–Trinajstić information content (AvgIpc) is 3.17. The molecule has 4 rings (SSSR count). The van der Waals surface area contributed by atoms with Gasteiger partial charge < -0.3 is 20.3 Å². The van der Waals surface area contributed by atoms with E-state index >= 15 is 0 Å². The number of nitrogens with zero attached hydrogens (tertiary/aromatic N) is 1. The van der Waals surface area contributed by atoms with E-state index in [9.17, 15) is 14.4 Å². The molecule has 1 aliphatic heterocycles. The number of para-hydroxylation sites is 2. The predicted molar refractivity (Wildman–Crippen MR) is 123 cm³/mol. The third kappa shape index (κ3) is 4.66. The quantitative estimate of drug-likeness (QED) is 0.446. The van der Waals surface area contributed by atoms with Crippen molar-refractivity contribution in [3.05, 3.63) is 65.9 Å². The van der Waals surface area contributed by atoms with Gasteiger partial charge in [-0.05, 0) is 43.0 Å². The van der Waals surface area contributed by atoms with Gasteiger partial charge >= 0.3 is 5.97 Å². The number of benzene rings is 2. The first-order valence-electron chi connectivity index (χ1n) is 11.0. The first-order chi connectivity index (χ1) is 15.5. The molecule has 1 aliphatic rings. The van der Waals surface area contributed by atoms with Gasteiger partial charge in [-0.1, -0.05) is 43.2 Å². The zero-order chi connectivity index (χ0) is 22.5. The van der Waals surface area contributed by atoms with Crippen LogP contribution in [-0.4, -0.2) is 40.5 Å². The number of fused-ring (bicyclic) bond motifs is 2. The molecule has 0 spiro atoms. The minimum Gasteiger partial charge on any atom is -0.481 e. The number of aromatic nitrogens is 1. The molecule has 7 heteroatoms. The van der Waals surface area contributed by atoms with E-state index in [0.717, 1.165) is 16.5 Å². The van der Waals surface area contributed by atoms with Crippen LogP contribution in [0.15, 0.2) is 54.7 Å². The minimum atomic E-state index is -0.817. The fourth-order valence-corrected chi connectivity index (χ4v) is 4.30. The largest absolute Gasteiger partial charge is 0.481 e. The Morgan fingerprint density at radius 1 is 1.00 bits per heavy atom. The maximum Gasteiger partial charge on any atom is 0.303 e. The van der Waals surface area contributed by atoms with Crippen LogP contribution < -0.4 is 10.2 Å². The molecule has 166 valence electrons. The zero-order valence-electron chi connectivity index (χ0n) is 17.8. The summed E-state index contributed by atoms with van der Waals surface area (Å²) in [5.41, 5.74) is 3.30. The van der Waals surface area contributed by atoms with Crippen LogP contribution in [0, 0.1) is 0 Å². The number of hydrogen-bond acceptors (Lipinski definition) is 3. The molecule has 0 saturated heterocycles. The van der Waals surface area contributed by atoms with Crippen molar-refractivity contribution < 1.29 is 19.5 Å². The Kier molecular flexibility index (Phi) is 6.54. The maximum atomic E-state index is 13.5. The minimum absolute atomic E-state index is 0.118. The van der Waals surface area contributed by atoms with Crippen molar-refractivity contribution in [3.8, 4) is 0 Å². The van der Waals surface area contributed by atoms with Gasteiger partial charge in [0.15, 0.2) is 0 Å². The van der Waals surface area contributed by atoms with Crippen LogP contribution in [0.3, 0.4) is 0 Å². The number of nitrogens with one attached hydrogen (secondary N) is 2. The van der Waals surface area contributed by atoms with Gasteiger partial charge in [0, 0.05) is 30.1 Å². The number of aliphatic carboxylic acids is 1. The summed E-state index contributed by atoms with van der Waals surface area (Å²) >= 11 is 0. The van der Waals surface area contributed by atoms with Crippen LogP contribution in [0.2, 0.25) is 0 Å². The number of carboxylic acids is 1. The van der Waals surface area contributed by atoms with Gasteiger partial charge in [0.1, 0.15) is 6.04 Å². The molecule has 1 aromatic heterocycles. The van der Waals surface area contributed by atoms with E-state index < -0.39 is 12.0 Å². The van der Waals surface area contributed by atoms with E-state index in [1.54, 1.807) is 17.0 Å². The SMILES string of the molecule is O=C(O)CCCCCC1NC(=O)c2ccccc2N(CCc2c[nH]c3ccccc23)C1=O. The first kappa shape index (κ1) is 21.6. The van der Waals surface area contributed by atoms with Gasteiger partial charge in [0.2, 0.25) is 5.91 Å². The van der Waals surface area contributed by atoms with Crippen molar-refractivity contribution in [2.45, 2.75) is 44.6 Å². The lowest BCUT2D eigenvalue weighted by molar-refractivity contribution is -0.137. The smallest absolute Gasteiger partial charge is 0.303 e. The van der Waals surface area contributed by atoms with Crippen molar-refractivity contribution in [1.82, 2.24) is 10.3 Å². The number of carboxylic acid groups (broad SMARTS) is 1. The van der Waals surface area contributed by atoms with Crippen molar-refractivity contribution in [2.75, 3.05) is 11.4 Å². The summed E-state index contributed by atoms with van der Waals surface area (Å²) < 4.78 is 0. The number of hydrogen-bond donors (Lipinski definition) is 3. The second kappa shape index (κ2) is 9.68. The molecule has 1 atom stereocenters.